The molecular formula is C16H13F3N2O3. The molecule has 1 aliphatic heterocycles. The van der Waals surface area contributed by atoms with Gasteiger partial charge in [0.15, 0.2) is 29.0 Å². The number of ether oxygens (including phenoxy) is 2. The second-order valence-corrected chi connectivity index (χ2v) is 5.06. The van der Waals surface area contributed by atoms with Crippen molar-refractivity contribution >= 4 is 11.6 Å². The highest BCUT2D eigenvalue weighted by molar-refractivity contribution is 5.92. The fourth-order valence-electron chi connectivity index (χ4n) is 2.19. The fourth-order valence-corrected chi connectivity index (χ4v) is 2.19. The van der Waals surface area contributed by atoms with Crippen LogP contribution in [0.25, 0.3) is 0 Å². The molecule has 1 aliphatic rings. The third-order valence-corrected chi connectivity index (χ3v) is 3.36. The monoisotopic (exact) mass is 338 g/mol. The molecule has 2 aromatic rings. The van der Waals surface area contributed by atoms with Crippen molar-refractivity contribution < 1.29 is 27.4 Å². The maximum Gasteiger partial charge on any atom is 0.238 e. The Morgan fingerprint density at radius 3 is 2.67 bits per heavy atom. The Morgan fingerprint density at radius 1 is 1.04 bits per heavy atom. The highest BCUT2D eigenvalue weighted by atomic mass is 19.2. The number of carbonyl (C=O) groups excluding carboxylic acids is 1. The Balaban J connectivity index is 1.52. The summed E-state index contributed by atoms with van der Waals surface area (Å²) in [5, 5.41) is 5.04. The zero-order valence-corrected chi connectivity index (χ0v) is 12.4. The summed E-state index contributed by atoms with van der Waals surface area (Å²) in [5.41, 5.74) is 0.454. The standard InChI is InChI=1S/C16H13F3N2O3/c17-10-2-3-11(16(19)15(10)18)21-14(22)7-20-6-9-1-4-12-13(5-9)24-8-23-12/h1-5,20H,6-8H2,(H,21,22). The molecule has 0 fully saturated rings. The first-order chi connectivity index (χ1) is 11.5. The number of carbonyl (C=O) groups is 1. The number of halogens is 3. The molecule has 0 radical (unpaired) electrons. The smallest absolute Gasteiger partial charge is 0.238 e. The number of anilines is 1. The lowest BCUT2D eigenvalue weighted by Gasteiger charge is -2.09. The van der Waals surface area contributed by atoms with Gasteiger partial charge in [-0.05, 0) is 29.8 Å². The predicted molar refractivity (Wildman–Crippen MR) is 79.2 cm³/mol. The summed E-state index contributed by atoms with van der Waals surface area (Å²) in [7, 11) is 0. The molecular weight excluding hydrogens is 325 g/mol. The van der Waals surface area contributed by atoms with Crippen LogP contribution in [-0.4, -0.2) is 19.2 Å². The van der Waals surface area contributed by atoms with Gasteiger partial charge < -0.3 is 20.1 Å². The summed E-state index contributed by atoms with van der Waals surface area (Å²) in [6, 6.07) is 7.06. The molecule has 0 saturated heterocycles. The second kappa shape index (κ2) is 6.79. The van der Waals surface area contributed by atoms with E-state index in [0.29, 0.717) is 18.0 Å². The zero-order chi connectivity index (χ0) is 17.1. The summed E-state index contributed by atoms with van der Waals surface area (Å²) >= 11 is 0. The van der Waals surface area contributed by atoms with Gasteiger partial charge in [0, 0.05) is 6.54 Å². The zero-order valence-electron chi connectivity index (χ0n) is 12.4. The van der Waals surface area contributed by atoms with Gasteiger partial charge >= 0.3 is 0 Å². The third-order valence-electron chi connectivity index (χ3n) is 3.36. The molecule has 1 heterocycles. The van der Waals surface area contributed by atoms with Crippen LogP contribution in [0, 0.1) is 17.5 Å². The van der Waals surface area contributed by atoms with Crippen LogP contribution in [0.2, 0.25) is 0 Å². The minimum Gasteiger partial charge on any atom is -0.454 e. The van der Waals surface area contributed by atoms with E-state index in [1.165, 1.54) is 0 Å². The van der Waals surface area contributed by atoms with E-state index in [4.69, 9.17) is 9.47 Å². The molecule has 0 bridgehead atoms. The summed E-state index contributed by atoms with van der Waals surface area (Å²) in [5.74, 6) is -3.67. The summed E-state index contributed by atoms with van der Waals surface area (Å²) < 4.78 is 49.8. The third kappa shape index (κ3) is 3.43. The van der Waals surface area contributed by atoms with Crippen LogP contribution in [-0.2, 0) is 11.3 Å². The first-order valence-electron chi connectivity index (χ1n) is 7.07. The highest BCUT2D eigenvalue weighted by Gasteiger charge is 2.15. The van der Waals surface area contributed by atoms with Gasteiger partial charge in [-0.2, -0.15) is 0 Å². The summed E-state index contributed by atoms with van der Waals surface area (Å²) in [6.45, 7) is 0.408. The largest absolute Gasteiger partial charge is 0.454 e. The van der Waals surface area contributed by atoms with Gasteiger partial charge in [-0.15, -0.1) is 0 Å². The van der Waals surface area contributed by atoms with Crippen molar-refractivity contribution in [1.29, 1.82) is 0 Å². The quantitative estimate of drug-likeness (QED) is 0.823. The second-order valence-electron chi connectivity index (χ2n) is 5.06. The number of rotatable bonds is 5. The Morgan fingerprint density at radius 2 is 1.83 bits per heavy atom. The predicted octanol–water partition coefficient (Wildman–Crippen LogP) is 2.56. The number of nitrogens with one attached hydrogen (secondary N) is 2. The minimum absolute atomic E-state index is 0.132. The SMILES string of the molecule is O=C(CNCc1ccc2c(c1)OCO2)Nc1ccc(F)c(F)c1F. The van der Waals surface area contributed by atoms with E-state index >= 15 is 0 Å². The van der Waals surface area contributed by atoms with E-state index in [-0.39, 0.29) is 13.3 Å². The highest BCUT2D eigenvalue weighted by Crippen LogP contribution is 2.32. The van der Waals surface area contributed by atoms with Crippen LogP contribution >= 0.6 is 0 Å². The van der Waals surface area contributed by atoms with Gasteiger partial charge in [0.2, 0.25) is 12.7 Å². The Hall–Kier alpha value is -2.74. The molecule has 0 atom stereocenters. The Kier molecular flexibility index (Phi) is 4.57. The number of benzene rings is 2. The molecule has 8 heteroatoms. The number of amides is 1. The van der Waals surface area contributed by atoms with E-state index in [1.807, 2.05) is 6.07 Å². The van der Waals surface area contributed by atoms with Gasteiger partial charge in [0.25, 0.3) is 0 Å². The Bertz CT molecular complexity index is 783. The van der Waals surface area contributed by atoms with Gasteiger partial charge in [0.1, 0.15) is 0 Å². The van der Waals surface area contributed by atoms with Crippen molar-refractivity contribution in [3.8, 4) is 11.5 Å². The molecule has 126 valence electrons. The first kappa shape index (κ1) is 16.1. The van der Waals surface area contributed by atoms with Crippen molar-refractivity contribution in [2.45, 2.75) is 6.54 Å². The van der Waals surface area contributed by atoms with E-state index in [1.54, 1.807) is 12.1 Å². The molecule has 0 aliphatic carbocycles. The number of fused-ring (bicyclic) bond motifs is 1. The Labute approximate surface area is 135 Å². The maximum atomic E-state index is 13.5. The summed E-state index contributed by atoms with van der Waals surface area (Å²) in [6.07, 6.45) is 0. The molecule has 3 rings (SSSR count). The normalized spacial score (nSPS) is 12.3. The molecule has 2 N–H and O–H groups in total. The molecule has 0 spiro atoms. The lowest BCUT2D eigenvalue weighted by molar-refractivity contribution is -0.115. The minimum atomic E-state index is -1.62. The van der Waals surface area contributed by atoms with Crippen molar-refractivity contribution in [2.24, 2.45) is 0 Å². The molecule has 1 amide bonds. The lowest BCUT2D eigenvalue weighted by Crippen LogP contribution is -2.28. The molecule has 0 aromatic heterocycles. The lowest BCUT2D eigenvalue weighted by atomic mass is 10.2. The van der Waals surface area contributed by atoms with Gasteiger partial charge in [-0.25, -0.2) is 13.2 Å². The van der Waals surface area contributed by atoms with E-state index in [0.717, 1.165) is 17.7 Å². The van der Waals surface area contributed by atoms with Crippen molar-refractivity contribution in [3.05, 3.63) is 53.3 Å². The van der Waals surface area contributed by atoms with Crippen LogP contribution in [0.4, 0.5) is 18.9 Å². The van der Waals surface area contributed by atoms with Crippen LogP contribution in [0.3, 0.4) is 0 Å². The van der Waals surface area contributed by atoms with Crippen molar-refractivity contribution in [2.75, 3.05) is 18.7 Å². The first-order valence-corrected chi connectivity index (χ1v) is 7.07. The summed E-state index contributed by atoms with van der Waals surface area (Å²) in [4.78, 5) is 11.7. The molecule has 5 nitrogen and oxygen atoms in total. The van der Waals surface area contributed by atoms with Crippen molar-refractivity contribution in [1.82, 2.24) is 5.32 Å². The number of hydrogen-bond acceptors (Lipinski definition) is 4. The fraction of sp³-hybridized carbons (Fsp3) is 0.188. The maximum absolute atomic E-state index is 13.5. The van der Waals surface area contributed by atoms with Crippen LogP contribution < -0.4 is 20.1 Å². The van der Waals surface area contributed by atoms with E-state index in [9.17, 15) is 18.0 Å². The van der Waals surface area contributed by atoms with Crippen LogP contribution in [0.15, 0.2) is 30.3 Å². The number of hydrogen-bond donors (Lipinski definition) is 2. The molecule has 2 aromatic carbocycles. The van der Waals surface area contributed by atoms with Crippen LogP contribution in [0.1, 0.15) is 5.56 Å². The van der Waals surface area contributed by atoms with Gasteiger partial charge in [-0.1, -0.05) is 6.07 Å². The average Bonchev–Trinajstić information content (AvgIpc) is 3.03. The van der Waals surface area contributed by atoms with E-state index < -0.39 is 29.0 Å². The molecule has 24 heavy (non-hydrogen) atoms. The average molecular weight is 338 g/mol. The van der Waals surface area contributed by atoms with E-state index in [2.05, 4.69) is 10.6 Å². The molecule has 0 saturated carbocycles. The van der Waals surface area contributed by atoms with Gasteiger partial charge in [-0.3, -0.25) is 4.79 Å². The molecule has 0 unspecified atom stereocenters. The van der Waals surface area contributed by atoms with Gasteiger partial charge in [0.05, 0.1) is 12.2 Å². The van der Waals surface area contributed by atoms with Crippen LogP contribution in [0.5, 0.6) is 11.5 Å². The van der Waals surface area contributed by atoms with Crippen molar-refractivity contribution in [3.63, 3.8) is 0 Å². The topological polar surface area (TPSA) is 59.6 Å².